The molecule has 1 aliphatic rings. The number of halogens is 1. The molecule has 0 amide bonds. The number of nitrogens with zero attached hydrogens (tertiary/aromatic N) is 1. The fraction of sp³-hybridized carbons (Fsp3) is 0.333. The lowest BCUT2D eigenvalue weighted by atomic mass is 9.97. The number of aromatic nitrogens is 2. The number of hydrogen-bond donors (Lipinski definition) is 1. The zero-order valence-electron chi connectivity index (χ0n) is 13.5. The maximum Gasteiger partial charge on any atom is 0.260 e. The van der Waals surface area contributed by atoms with Gasteiger partial charge in [0.05, 0.1) is 5.39 Å². The monoisotopic (exact) mass is 408 g/mol. The Morgan fingerprint density at radius 2 is 1.88 bits per heavy atom. The molecule has 0 atom stereocenters. The van der Waals surface area contributed by atoms with Gasteiger partial charge in [0, 0.05) is 26.3 Å². The second-order valence-electron chi connectivity index (χ2n) is 5.91. The summed E-state index contributed by atoms with van der Waals surface area (Å²) in [6.45, 7) is 0. The molecule has 25 heavy (non-hydrogen) atoms. The number of aromatic amines is 1. The first kappa shape index (κ1) is 17.5. The van der Waals surface area contributed by atoms with Gasteiger partial charge in [-0.3, -0.25) is 4.79 Å². The van der Waals surface area contributed by atoms with Crippen molar-refractivity contribution in [1.82, 2.24) is 9.97 Å². The quantitative estimate of drug-likeness (QED) is 0.348. The molecule has 0 spiro atoms. The van der Waals surface area contributed by atoms with Crippen molar-refractivity contribution in [3.05, 3.63) is 50.1 Å². The Morgan fingerprint density at radius 1 is 1.12 bits per heavy atom. The van der Waals surface area contributed by atoms with Gasteiger partial charge in [-0.1, -0.05) is 23.4 Å². The van der Waals surface area contributed by atoms with Gasteiger partial charge in [0.2, 0.25) is 0 Å². The molecule has 2 aromatic heterocycles. The van der Waals surface area contributed by atoms with Crippen LogP contribution in [0.2, 0.25) is 5.02 Å². The average Bonchev–Trinajstić information content (AvgIpc) is 2.99. The largest absolute Gasteiger partial charge is 0.301 e. The normalized spacial score (nSPS) is 14.0. The molecule has 2 heterocycles. The van der Waals surface area contributed by atoms with Gasteiger partial charge in [-0.25, -0.2) is 4.98 Å². The molecule has 0 bridgehead atoms. The van der Waals surface area contributed by atoms with Crippen molar-refractivity contribution in [2.75, 3.05) is 11.5 Å². The smallest absolute Gasteiger partial charge is 0.260 e. The van der Waals surface area contributed by atoms with Crippen molar-refractivity contribution < 1.29 is 0 Å². The number of fused-ring (bicyclic) bond motifs is 3. The number of thioether (sulfide) groups is 2. The average molecular weight is 409 g/mol. The van der Waals surface area contributed by atoms with E-state index in [1.54, 1.807) is 34.9 Å². The van der Waals surface area contributed by atoms with E-state index in [2.05, 4.69) is 4.98 Å². The summed E-state index contributed by atoms with van der Waals surface area (Å²) in [6, 6.07) is 7.87. The Labute approximate surface area is 163 Å². The summed E-state index contributed by atoms with van der Waals surface area (Å²) in [5, 5.41) is 2.32. The van der Waals surface area contributed by atoms with Crippen LogP contribution in [0.1, 0.15) is 23.3 Å². The molecule has 130 valence electrons. The lowest BCUT2D eigenvalue weighted by Gasteiger charge is -2.09. The van der Waals surface area contributed by atoms with Crippen LogP contribution in [0.5, 0.6) is 0 Å². The second kappa shape index (κ2) is 7.74. The van der Waals surface area contributed by atoms with Crippen LogP contribution in [-0.4, -0.2) is 21.5 Å². The summed E-state index contributed by atoms with van der Waals surface area (Å²) in [7, 11) is 0. The third kappa shape index (κ3) is 3.92. The van der Waals surface area contributed by atoms with Gasteiger partial charge in [-0.05, 0) is 55.5 Å². The van der Waals surface area contributed by atoms with Crippen molar-refractivity contribution in [3.8, 4) is 0 Å². The number of nitrogens with one attached hydrogen (secondary N) is 1. The summed E-state index contributed by atoms with van der Waals surface area (Å²) in [5.41, 5.74) is 1.27. The molecule has 0 unspecified atom stereocenters. The highest BCUT2D eigenvalue weighted by atomic mass is 35.5. The zero-order chi connectivity index (χ0) is 17.2. The van der Waals surface area contributed by atoms with E-state index in [0.717, 1.165) is 44.7 Å². The van der Waals surface area contributed by atoms with Gasteiger partial charge in [-0.2, -0.15) is 0 Å². The lowest BCUT2D eigenvalue weighted by Crippen LogP contribution is -2.11. The van der Waals surface area contributed by atoms with Gasteiger partial charge in [0.15, 0.2) is 5.16 Å². The fourth-order valence-corrected chi connectivity index (χ4v) is 6.23. The van der Waals surface area contributed by atoms with Crippen LogP contribution < -0.4 is 5.56 Å². The molecule has 4 rings (SSSR count). The minimum Gasteiger partial charge on any atom is -0.301 e. The van der Waals surface area contributed by atoms with E-state index >= 15 is 0 Å². The molecule has 0 saturated heterocycles. The first-order chi connectivity index (χ1) is 12.2. The Hall–Kier alpha value is -0.950. The standard InChI is InChI=1S/C18H17ClN2OS3/c19-11-5-7-12(8-6-11)23-9-10-24-18-20-16(22)15-13-3-1-2-4-14(13)25-17(15)21-18/h5-8H,1-4,9-10H2,(H,20,21,22). The molecule has 1 aromatic carbocycles. The van der Waals surface area contributed by atoms with E-state index in [1.807, 2.05) is 24.3 Å². The minimum absolute atomic E-state index is 0.0252. The van der Waals surface area contributed by atoms with Crippen LogP contribution in [-0.2, 0) is 12.8 Å². The number of rotatable bonds is 5. The molecule has 0 aliphatic heterocycles. The molecular formula is C18H17ClN2OS3. The zero-order valence-corrected chi connectivity index (χ0v) is 16.7. The minimum atomic E-state index is 0.0252. The van der Waals surface area contributed by atoms with Crippen molar-refractivity contribution in [2.45, 2.75) is 35.7 Å². The van der Waals surface area contributed by atoms with E-state index in [4.69, 9.17) is 16.6 Å². The summed E-state index contributed by atoms with van der Waals surface area (Å²) >= 11 is 11.0. The Morgan fingerprint density at radius 3 is 2.72 bits per heavy atom. The molecule has 3 nitrogen and oxygen atoms in total. The molecule has 0 radical (unpaired) electrons. The summed E-state index contributed by atoms with van der Waals surface area (Å²) in [4.78, 5) is 23.6. The maximum atomic E-state index is 12.5. The van der Waals surface area contributed by atoms with Crippen LogP contribution in [0.4, 0.5) is 0 Å². The first-order valence-corrected chi connectivity index (χ1v) is 11.4. The Kier molecular flexibility index (Phi) is 5.41. The van der Waals surface area contributed by atoms with Crippen molar-refractivity contribution in [3.63, 3.8) is 0 Å². The molecule has 0 saturated carbocycles. The molecule has 1 N–H and O–H groups in total. The lowest BCUT2D eigenvalue weighted by molar-refractivity contribution is 0.700. The van der Waals surface area contributed by atoms with E-state index < -0.39 is 0 Å². The number of hydrogen-bond acceptors (Lipinski definition) is 5. The van der Waals surface area contributed by atoms with Gasteiger partial charge in [0.25, 0.3) is 5.56 Å². The topological polar surface area (TPSA) is 45.8 Å². The van der Waals surface area contributed by atoms with E-state index in [1.165, 1.54) is 28.2 Å². The molecule has 1 aliphatic carbocycles. The van der Waals surface area contributed by atoms with Gasteiger partial charge < -0.3 is 4.98 Å². The van der Waals surface area contributed by atoms with Crippen LogP contribution in [0.15, 0.2) is 39.1 Å². The summed E-state index contributed by atoms with van der Waals surface area (Å²) in [5.74, 6) is 1.85. The molecule has 0 fully saturated rings. The number of aryl methyl sites for hydroxylation is 2. The number of H-pyrrole nitrogens is 1. The van der Waals surface area contributed by atoms with Gasteiger partial charge in [0.1, 0.15) is 4.83 Å². The van der Waals surface area contributed by atoms with Crippen LogP contribution in [0.3, 0.4) is 0 Å². The van der Waals surface area contributed by atoms with Crippen molar-refractivity contribution >= 4 is 56.7 Å². The van der Waals surface area contributed by atoms with Crippen LogP contribution >= 0.6 is 46.5 Å². The molecule has 3 aromatic rings. The van der Waals surface area contributed by atoms with E-state index in [-0.39, 0.29) is 5.56 Å². The summed E-state index contributed by atoms with van der Waals surface area (Å²) < 4.78 is 0. The molecule has 7 heteroatoms. The second-order valence-corrected chi connectivity index (χ2v) is 9.68. The summed E-state index contributed by atoms with van der Waals surface area (Å²) in [6.07, 6.45) is 4.51. The van der Waals surface area contributed by atoms with Gasteiger partial charge in [-0.15, -0.1) is 23.1 Å². The SMILES string of the molecule is O=c1[nH]c(SCCSc2ccc(Cl)cc2)nc2sc3c(c12)CCCC3. The van der Waals surface area contributed by atoms with Crippen molar-refractivity contribution in [2.24, 2.45) is 0 Å². The van der Waals surface area contributed by atoms with Crippen LogP contribution in [0.25, 0.3) is 10.2 Å². The number of thiophene rings is 1. The predicted octanol–water partition coefficient (Wildman–Crippen LogP) is 5.40. The predicted molar refractivity (Wildman–Crippen MR) is 110 cm³/mol. The highest BCUT2D eigenvalue weighted by molar-refractivity contribution is 8.02. The van der Waals surface area contributed by atoms with Crippen LogP contribution in [0, 0.1) is 0 Å². The highest BCUT2D eigenvalue weighted by Crippen LogP contribution is 2.34. The maximum absolute atomic E-state index is 12.5. The van der Waals surface area contributed by atoms with E-state index in [0.29, 0.717) is 0 Å². The molecular weight excluding hydrogens is 392 g/mol. The Balaban J connectivity index is 1.43. The van der Waals surface area contributed by atoms with Crippen molar-refractivity contribution in [1.29, 1.82) is 0 Å². The van der Waals surface area contributed by atoms with Gasteiger partial charge >= 0.3 is 0 Å². The third-order valence-corrected chi connectivity index (χ3v) is 7.79. The Bertz CT molecular complexity index is 949. The highest BCUT2D eigenvalue weighted by Gasteiger charge is 2.19. The number of benzene rings is 1. The first-order valence-electron chi connectivity index (χ1n) is 8.26. The fourth-order valence-electron chi connectivity index (χ4n) is 3.04. The van der Waals surface area contributed by atoms with E-state index in [9.17, 15) is 4.79 Å². The third-order valence-electron chi connectivity index (χ3n) is 4.21.